The molecule has 1 heterocycles. The lowest BCUT2D eigenvalue weighted by Gasteiger charge is -2.26. The van der Waals surface area contributed by atoms with Crippen LogP contribution in [-0.4, -0.2) is 43.2 Å². The number of ether oxygens (including phenoxy) is 2. The maximum atomic E-state index is 12.9. The highest BCUT2D eigenvalue weighted by atomic mass is 32.2. The van der Waals surface area contributed by atoms with Crippen molar-refractivity contribution in [1.82, 2.24) is 4.90 Å². The molecule has 7 heteroatoms. The van der Waals surface area contributed by atoms with Crippen LogP contribution in [0.4, 0.5) is 5.69 Å². The molecular formula is C22H26N2O4S. The molecule has 0 aliphatic carbocycles. The molecular weight excluding hydrogens is 388 g/mol. The van der Waals surface area contributed by atoms with Gasteiger partial charge in [-0.05, 0) is 55.3 Å². The van der Waals surface area contributed by atoms with E-state index >= 15 is 0 Å². The lowest BCUT2D eigenvalue weighted by Crippen LogP contribution is -2.32. The number of anilines is 1. The predicted octanol–water partition coefficient (Wildman–Crippen LogP) is 4.12. The van der Waals surface area contributed by atoms with Crippen molar-refractivity contribution in [3.8, 4) is 11.5 Å². The Hall–Kier alpha value is -2.67. The Kier molecular flexibility index (Phi) is 7.04. The summed E-state index contributed by atoms with van der Waals surface area (Å²) in [4.78, 5) is 27.0. The second kappa shape index (κ2) is 9.69. The van der Waals surface area contributed by atoms with E-state index in [0.717, 1.165) is 47.0 Å². The van der Waals surface area contributed by atoms with Crippen molar-refractivity contribution in [1.29, 1.82) is 0 Å². The maximum absolute atomic E-state index is 12.9. The third kappa shape index (κ3) is 5.23. The molecule has 1 aliphatic rings. The number of carbonyl (C=O) groups is 2. The molecule has 0 aromatic heterocycles. The van der Waals surface area contributed by atoms with Crippen LogP contribution in [0.3, 0.4) is 0 Å². The second-order valence-electron chi connectivity index (χ2n) is 6.85. The maximum Gasteiger partial charge on any atom is 0.233 e. The average Bonchev–Trinajstić information content (AvgIpc) is 3.22. The first-order chi connectivity index (χ1) is 14.0. The van der Waals surface area contributed by atoms with E-state index in [9.17, 15) is 9.59 Å². The third-order valence-corrected chi connectivity index (χ3v) is 5.90. The number of nitrogens with one attached hydrogen (secondary N) is 1. The average molecular weight is 415 g/mol. The first kappa shape index (κ1) is 21.0. The van der Waals surface area contributed by atoms with Crippen molar-refractivity contribution in [3.63, 3.8) is 0 Å². The van der Waals surface area contributed by atoms with Crippen LogP contribution in [-0.2, 0) is 9.59 Å². The van der Waals surface area contributed by atoms with Gasteiger partial charge < -0.3 is 19.7 Å². The summed E-state index contributed by atoms with van der Waals surface area (Å²) in [6.45, 7) is 2.22. The number of benzene rings is 2. The van der Waals surface area contributed by atoms with Gasteiger partial charge in [0.25, 0.3) is 0 Å². The minimum atomic E-state index is -0.103. The largest absolute Gasteiger partial charge is 0.497 e. The van der Waals surface area contributed by atoms with Crippen LogP contribution in [0.15, 0.2) is 47.4 Å². The summed E-state index contributed by atoms with van der Waals surface area (Å²) in [6, 6.07) is 13.2. The fourth-order valence-corrected chi connectivity index (χ4v) is 4.34. The van der Waals surface area contributed by atoms with E-state index in [1.54, 1.807) is 14.2 Å². The van der Waals surface area contributed by atoms with Crippen molar-refractivity contribution in [2.24, 2.45) is 0 Å². The molecule has 1 saturated heterocycles. The predicted molar refractivity (Wildman–Crippen MR) is 115 cm³/mol. The van der Waals surface area contributed by atoms with Gasteiger partial charge in [0, 0.05) is 29.6 Å². The lowest BCUT2D eigenvalue weighted by atomic mass is 10.0. The topological polar surface area (TPSA) is 67.9 Å². The zero-order chi connectivity index (χ0) is 20.8. The number of rotatable bonds is 7. The Balaban J connectivity index is 1.67. The summed E-state index contributed by atoms with van der Waals surface area (Å²) < 4.78 is 10.9. The Bertz CT molecular complexity index is 870. The molecule has 2 aromatic carbocycles. The van der Waals surface area contributed by atoms with Gasteiger partial charge >= 0.3 is 0 Å². The molecule has 0 spiro atoms. The summed E-state index contributed by atoms with van der Waals surface area (Å²) in [5.41, 5.74) is 1.74. The SMILES string of the molecule is COc1ccc(OC)c([C@@H]2CCCN2C(=O)CSc2ccc(NC(C)=O)cc2)c1. The normalized spacial score (nSPS) is 15.8. The summed E-state index contributed by atoms with van der Waals surface area (Å²) in [5.74, 6) is 1.90. The molecule has 1 atom stereocenters. The molecule has 0 bridgehead atoms. The van der Waals surface area contributed by atoms with Crippen molar-refractivity contribution < 1.29 is 19.1 Å². The van der Waals surface area contributed by atoms with Crippen LogP contribution in [0.1, 0.15) is 31.4 Å². The molecule has 2 amide bonds. The minimum absolute atomic E-state index is 0.00436. The molecule has 0 saturated carbocycles. The molecule has 1 aliphatic heterocycles. The van der Waals surface area contributed by atoms with Gasteiger partial charge in [0.2, 0.25) is 11.8 Å². The fraction of sp³-hybridized carbons (Fsp3) is 0.364. The molecule has 6 nitrogen and oxygen atoms in total. The van der Waals surface area contributed by atoms with E-state index in [1.165, 1.54) is 18.7 Å². The van der Waals surface area contributed by atoms with Crippen LogP contribution in [0.2, 0.25) is 0 Å². The number of amides is 2. The number of hydrogen-bond donors (Lipinski definition) is 1. The van der Waals surface area contributed by atoms with Gasteiger partial charge in [0.15, 0.2) is 0 Å². The molecule has 29 heavy (non-hydrogen) atoms. The monoisotopic (exact) mass is 414 g/mol. The van der Waals surface area contributed by atoms with Gasteiger partial charge in [-0.25, -0.2) is 0 Å². The highest BCUT2D eigenvalue weighted by molar-refractivity contribution is 8.00. The minimum Gasteiger partial charge on any atom is -0.497 e. The number of nitrogens with zero attached hydrogens (tertiary/aromatic N) is 1. The van der Waals surface area contributed by atoms with Gasteiger partial charge in [0.1, 0.15) is 11.5 Å². The molecule has 0 unspecified atom stereocenters. The smallest absolute Gasteiger partial charge is 0.233 e. The van der Waals surface area contributed by atoms with E-state index in [2.05, 4.69) is 5.32 Å². The first-order valence-electron chi connectivity index (χ1n) is 9.53. The van der Waals surface area contributed by atoms with Gasteiger partial charge in [-0.1, -0.05) is 0 Å². The molecule has 0 radical (unpaired) electrons. The highest BCUT2D eigenvalue weighted by Gasteiger charge is 2.32. The summed E-state index contributed by atoms with van der Waals surface area (Å²) in [7, 11) is 3.28. The number of thioether (sulfide) groups is 1. The number of carbonyl (C=O) groups excluding carboxylic acids is 2. The van der Waals surface area contributed by atoms with Crippen LogP contribution in [0, 0.1) is 0 Å². The molecule has 3 rings (SSSR count). The number of hydrogen-bond acceptors (Lipinski definition) is 5. The molecule has 1 fully saturated rings. The lowest BCUT2D eigenvalue weighted by molar-refractivity contribution is -0.129. The third-order valence-electron chi connectivity index (χ3n) is 4.91. The number of likely N-dealkylation sites (tertiary alicyclic amines) is 1. The number of methoxy groups -OCH3 is 2. The van der Waals surface area contributed by atoms with Gasteiger partial charge in [0.05, 0.1) is 26.0 Å². The Labute approximate surface area is 175 Å². The molecule has 1 N–H and O–H groups in total. The Morgan fingerprint density at radius 3 is 2.55 bits per heavy atom. The zero-order valence-electron chi connectivity index (χ0n) is 16.9. The van der Waals surface area contributed by atoms with E-state index in [1.807, 2.05) is 47.4 Å². The Morgan fingerprint density at radius 2 is 1.90 bits per heavy atom. The quantitative estimate of drug-likeness (QED) is 0.691. The van der Waals surface area contributed by atoms with E-state index in [4.69, 9.17) is 9.47 Å². The summed E-state index contributed by atoms with van der Waals surface area (Å²) in [5, 5.41) is 2.74. The van der Waals surface area contributed by atoms with Gasteiger partial charge in [-0.15, -0.1) is 11.8 Å². The van der Waals surface area contributed by atoms with Gasteiger partial charge in [-0.2, -0.15) is 0 Å². The van der Waals surface area contributed by atoms with Crippen molar-refractivity contribution in [3.05, 3.63) is 48.0 Å². The van der Waals surface area contributed by atoms with E-state index < -0.39 is 0 Å². The highest BCUT2D eigenvalue weighted by Crippen LogP contribution is 2.39. The zero-order valence-corrected chi connectivity index (χ0v) is 17.8. The van der Waals surface area contributed by atoms with Crippen LogP contribution in [0.25, 0.3) is 0 Å². The van der Waals surface area contributed by atoms with Crippen molar-refractivity contribution in [2.45, 2.75) is 30.7 Å². The van der Waals surface area contributed by atoms with E-state index in [0.29, 0.717) is 5.75 Å². The van der Waals surface area contributed by atoms with Crippen LogP contribution < -0.4 is 14.8 Å². The van der Waals surface area contributed by atoms with Crippen LogP contribution in [0.5, 0.6) is 11.5 Å². The standard InChI is InChI=1S/C22H26N2O4S/c1-15(25)23-16-6-9-18(10-7-16)29-14-22(26)24-12-4-5-20(24)19-13-17(27-2)8-11-21(19)28-3/h6-11,13,20H,4-5,12,14H2,1-3H3,(H,23,25)/t20-/m0/s1. The molecule has 154 valence electrons. The van der Waals surface area contributed by atoms with Gasteiger partial charge in [-0.3, -0.25) is 9.59 Å². The Morgan fingerprint density at radius 1 is 1.14 bits per heavy atom. The van der Waals surface area contributed by atoms with E-state index in [-0.39, 0.29) is 17.9 Å². The van der Waals surface area contributed by atoms with Crippen LogP contribution >= 0.6 is 11.8 Å². The van der Waals surface area contributed by atoms with Crippen molar-refractivity contribution >= 4 is 29.3 Å². The summed E-state index contributed by atoms with van der Waals surface area (Å²) >= 11 is 1.50. The second-order valence-corrected chi connectivity index (χ2v) is 7.90. The summed E-state index contributed by atoms with van der Waals surface area (Å²) in [6.07, 6.45) is 1.87. The fourth-order valence-electron chi connectivity index (χ4n) is 3.55. The van der Waals surface area contributed by atoms with Crippen molar-refractivity contribution in [2.75, 3.05) is 31.8 Å². The first-order valence-corrected chi connectivity index (χ1v) is 10.5. The molecule has 2 aromatic rings.